The number of nitrogen functional groups attached to an aromatic ring is 1. The third kappa shape index (κ3) is 3.68. The molecule has 0 spiro atoms. The Labute approximate surface area is 192 Å². The summed E-state index contributed by atoms with van der Waals surface area (Å²) in [5, 5.41) is 4.65. The van der Waals surface area contributed by atoms with Crippen LogP contribution < -0.4 is 10.6 Å². The Morgan fingerprint density at radius 3 is 2.44 bits per heavy atom. The third-order valence-electron chi connectivity index (χ3n) is 5.82. The van der Waals surface area contributed by atoms with E-state index in [2.05, 4.69) is 15.1 Å². The summed E-state index contributed by atoms with van der Waals surface area (Å²) in [6.45, 7) is 3.36. The fourth-order valence-electron chi connectivity index (χ4n) is 4.05. The van der Waals surface area contributed by atoms with Gasteiger partial charge >= 0.3 is 0 Å². The number of aromatic nitrogens is 4. The molecule has 0 unspecified atom stereocenters. The number of benzene rings is 2. The van der Waals surface area contributed by atoms with Crippen LogP contribution in [0.1, 0.15) is 6.92 Å². The zero-order valence-electron chi connectivity index (χ0n) is 18.2. The quantitative estimate of drug-likeness (QED) is 0.498. The normalized spacial score (nSPS) is 14.1. The second-order valence-electron chi connectivity index (χ2n) is 7.94. The van der Waals surface area contributed by atoms with Crippen LogP contribution in [0.25, 0.3) is 28.0 Å². The Morgan fingerprint density at radius 2 is 1.74 bits per heavy atom. The highest BCUT2D eigenvalue weighted by Crippen LogP contribution is 2.35. The number of hydrogen-bond donors (Lipinski definition) is 1. The Kier molecular flexibility index (Phi) is 5.31. The number of nitrogens with two attached hydrogens (primary N) is 1. The molecule has 5 rings (SSSR count). The van der Waals surface area contributed by atoms with Gasteiger partial charge in [-0.1, -0.05) is 12.1 Å². The van der Waals surface area contributed by atoms with E-state index in [0.717, 1.165) is 6.07 Å². The van der Waals surface area contributed by atoms with Crippen LogP contribution >= 0.6 is 0 Å². The fourth-order valence-corrected chi connectivity index (χ4v) is 4.05. The summed E-state index contributed by atoms with van der Waals surface area (Å²) in [6, 6.07) is 9.45. The van der Waals surface area contributed by atoms with Gasteiger partial charge in [-0.2, -0.15) is 4.98 Å². The first-order valence-electron chi connectivity index (χ1n) is 10.6. The molecule has 2 N–H and O–H groups in total. The van der Waals surface area contributed by atoms with Gasteiger partial charge in [0.25, 0.3) is 0 Å². The van der Waals surface area contributed by atoms with Gasteiger partial charge in [-0.3, -0.25) is 4.79 Å². The number of piperazine rings is 1. The molecule has 11 heteroatoms. The topological polar surface area (TPSA) is 93.2 Å². The lowest BCUT2D eigenvalue weighted by atomic mass is 10.1. The fraction of sp³-hybridized carbons (Fsp3) is 0.217. The number of rotatable bonds is 3. The summed E-state index contributed by atoms with van der Waals surface area (Å²) >= 11 is 0. The van der Waals surface area contributed by atoms with E-state index in [4.69, 9.17) is 5.73 Å². The molecule has 1 fully saturated rings. The predicted octanol–water partition coefficient (Wildman–Crippen LogP) is 3.15. The van der Waals surface area contributed by atoms with Gasteiger partial charge in [0, 0.05) is 38.7 Å². The number of fused-ring (bicyclic) bond motifs is 1. The van der Waals surface area contributed by atoms with E-state index < -0.39 is 17.5 Å². The van der Waals surface area contributed by atoms with Gasteiger partial charge in [0.05, 0.1) is 16.8 Å². The number of hydrogen-bond acceptors (Lipinski definition) is 6. The van der Waals surface area contributed by atoms with Gasteiger partial charge in [0.15, 0.2) is 17.3 Å². The van der Waals surface area contributed by atoms with Crippen LogP contribution in [0.2, 0.25) is 0 Å². The highest BCUT2D eigenvalue weighted by atomic mass is 19.2. The molecule has 0 atom stereocenters. The number of carbonyl (C=O) groups excluding carboxylic acids is 1. The van der Waals surface area contributed by atoms with E-state index in [1.54, 1.807) is 11.0 Å². The molecule has 1 saturated heterocycles. The van der Waals surface area contributed by atoms with Crippen molar-refractivity contribution in [1.29, 1.82) is 0 Å². The average molecular weight is 467 g/mol. The van der Waals surface area contributed by atoms with Crippen molar-refractivity contribution in [1.82, 2.24) is 24.6 Å². The van der Waals surface area contributed by atoms with E-state index in [1.807, 2.05) is 4.90 Å². The minimum Gasteiger partial charge on any atom is -0.383 e. The van der Waals surface area contributed by atoms with Crippen LogP contribution in [0, 0.1) is 17.5 Å². The average Bonchev–Trinajstić information content (AvgIpc) is 3.17. The standard InChI is InChI=1S/C23H20F3N7O/c1-13(34)31-8-10-32(11-9-31)23-28-20(16-6-3-7-17(25)19(16)26)18-21(27)33(30-22(18)29-23)15-5-2-4-14(24)12-15/h2-7,12H,8-11,27H2,1H3. The summed E-state index contributed by atoms with van der Waals surface area (Å²) in [5.41, 5.74) is 6.83. The van der Waals surface area contributed by atoms with Crippen molar-refractivity contribution in [2.24, 2.45) is 0 Å². The number of amides is 1. The molecule has 1 aliphatic heterocycles. The Hall–Kier alpha value is -4.15. The summed E-state index contributed by atoms with van der Waals surface area (Å²) in [5.74, 6) is -2.31. The van der Waals surface area contributed by atoms with E-state index in [9.17, 15) is 18.0 Å². The minimum absolute atomic E-state index is 0.0276. The Bertz CT molecular complexity index is 1410. The summed E-state index contributed by atoms with van der Waals surface area (Å²) in [7, 11) is 0. The molecule has 174 valence electrons. The van der Waals surface area contributed by atoms with Crippen LogP contribution in [0.15, 0.2) is 42.5 Å². The second kappa shape index (κ2) is 8.32. The van der Waals surface area contributed by atoms with Crippen LogP contribution in [0.4, 0.5) is 24.9 Å². The molecule has 0 saturated carbocycles. The van der Waals surface area contributed by atoms with Gasteiger partial charge in [0.1, 0.15) is 11.6 Å². The SMILES string of the molecule is CC(=O)N1CCN(c2nc(-c3cccc(F)c3F)c3c(N)n(-c4cccc(F)c4)nc3n2)CC1. The van der Waals surface area contributed by atoms with E-state index >= 15 is 0 Å². The number of anilines is 2. The molecule has 34 heavy (non-hydrogen) atoms. The number of nitrogens with zero attached hydrogens (tertiary/aromatic N) is 6. The smallest absolute Gasteiger partial charge is 0.228 e. The molecule has 2 aromatic carbocycles. The van der Waals surface area contributed by atoms with Crippen molar-refractivity contribution in [3.05, 3.63) is 59.9 Å². The Morgan fingerprint density at radius 1 is 1.00 bits per heavy atom. The molecule has 0 aliphatic carbocycles. The second-order valence-corrected chi connectivity index (χ2v) is 7.94. The van der Waals surface area contributed by atoms with E-state index in [0.29, 0.717) is 31.9 Å². The molecule has 2 aromatic heterocycles. The lowest BCUT2D eigenvalue weighted by Gasteiger charge is -2.34. The van der Waals surface area contributed by atoms with Crippen LogP contribution in [0.5, 0.6) is 0 Å². The van der Waals surface area contributed by atoms with Crippen molar-refractivity contribution in [2.45, 2.75) is 6.92 Å². The van der Waals surface area contributed by atoms with Crippen molar-refractivity contribution >= 4 is 28.7 Å². The summed E-state index contributed by atoms with van der Waals surface area (Å²) < 4.78 is 44.1. The van der Waals surface area contributed by atoms with E-state index in [-0.39, 0.29) is 40.0 Å². The zero-order chi connectivity index (χ0) is 24.0. The molecular formula is C23H20F3N7O. The highest BCUT2D eigenvalue weighted by Gasteiger charge is 2.26. The van der Waals surface area contributed by atoms with Crippen molar-refractivity contribution in [3.8, 4) is 16.9 Å². The number of carbonyl (C=O) groups is 1. The maximum atomic E-state index is 14.8. The molecule has 1 aliphatic rings. The van der Waals surface area contributed by atoms with Crippen molar-refractivity contribution in [3.63, 3.8) is 0 Å². The molecule has 3 heterocycles. The molecule has 0 radical (unpaired) electrons. The lowest BCUT2D eigenvalue weighted by Crippen LogP contribution is -2.48. The maximum absolute atomic E-state index is 14.8. The Balaban J connectivity index is 1.70. The zero-order valence-corrected chi connectivity index (χ0v) is 18.2. The summed E-state index contributed by atoms with van der Waals surface area (Å²) in [6.07, 6.45) is 0. The first kappa shape index (κ1) is 21.7. The monoisotopic (exact) mass is 467 g/mol. The molecule has 1 amide bonds. The largest absolute Gasteiger partial charge is 0.383 e. The van der Waals surface area contributed by atoms with Crippen LogP contribution in [0.3, 0.4) is 0 Å². The first-order chi connectivity index (χ1) is 16.3. The molecule has 4 aromatic rings. The molecule has 0 bridgehead atoms. The van der Waals surface area contributed by atoms with E-state index in [1.165, 1.54) is 41.9 Å². The highest BCUT2D eigenvalue weighted by molar-refractivity contribution is 5.99. The molecular weight excluding hydrogens is 447 g/mol. The van der Waals surface area contributed by atoms with Crippen molar-refractivity contribution in [2.75, 3.05) is 36.8 Å². The van der Waals surface area contributed by atoms with Crippen LogP contribution in [-0.4, -0.2) is 56.7 Å². The van der Waals surface area contributed by atoms with Gasteiger partial charge in [0.2, 0.25) is 11.9 Å². The van der Waals surface area contributed by atoms with Crippen molar-refractivity contribution < 1.29 is 18.0 Å². The van der Waals surface area contributed by atoms with Crippen LogP contribution in [-0.2, 0) is 4.79 Å². The maximum Gasteiger partial charge on any atom is 0.228 e. The van der Waals surface area contributed by atoms with Gasteiger partial charge in [-0.15, -0.1) is 5.10 Å². The third-order valence-corrected chi connectivity index (χ3v) is 5.82. The summed E-state index contributed by atoms with van der Waals surface area (Å²) in [4.78, 5) is 24.3. The van der Waals surface area contributed by atoms with Gasteiger partial charge in [-0.05, 0) is 30.3 Å². The molecule has 8 nitrogen and oxygen atoms in total. The number of halogens is 3. The first-order valence-corrected chi connectivity index (χ1v) is 10.6. The predicted molar refractivity (Wildman–Crippen MR) is 121 cm³/mol. The lowest BCUT2D eigenvalue weighted by molar-refractivity contribution is -0.129. The minimum atomic E-state index is -1.08. The van der Waals surface area contributed by atoms with Gasteiger partial charge < -0.3 is 15.5 Å². The van der Waals surface area contributed by atoms with Gasteiger partial charge in [-0.25, -0.2) is 22.8 Å².